The topological polar surface area (TPSA) is 47.6 Å². The number of alkyl carbamates (subject to hydrolysis) is 1. The van der Waals surface area contributed by atoms with Crippen LogP contribution in [-0.4, -0.2) is 19.2 Å². The van der Waals surface area contributed by atoms with Gasteiger partial charge in [0.05, 0.1) is 7.11 Å². The van der Waals surface area contributed by atoms with Gasteiger partial charge in [0, 0.05) is 11.6 Å². The number of nitrogens with one attached hydrogen (secondary N) is 1. The van der Waals surface area contributed by atoms with Gasteiger partial charge in [0.1, 0.15) is 12.4 Å². The SMILES string of the molecule is COc1ccccc1COC(=O)NC(C)C. The number of rotatable bonds is 4. The van der Waals surface area contributed by atoms with Crippen LogP contribution < -0.4 is 10.1 Å². The first kappa shape index (κ1) is 12.4. The Morgan fingerprint density at radius 2 is 2.06 bits per heavy atom. The van der Waals surface area contributed by atoms with Crippen LogP contribution >= 0.6 is 0 Å². The lowest BCUT2D eigenvalue weighted by Crippen LogP contribution is -2.30. The first-order valence-corrected chi connectivity index (χ1v) is 5.18. The van der Waals surface area contributed by atoms with Gasteiger partial charge in [-0.25, -0.2) is 4.79 Å². The fraction of sp³-hybridized carbons (Fsp3) is 0.417. The zero-order chi connectivity index (χ0) is 12.0. The minimum atomic E-state index is -0.416. The van der Waals surface area contributed by atoms with Gasteiger partial charge < -0.3 is 14.8 Å². The summed E-state index contributed by atoms with van der Waals surface area (Å²) >= 11 is 0. The molecule has 1 aromatic carbocycles. The van der Waals surface area contributed by atoms with Crippen molar-refractivity contribution in [2.75, 3.05) is 7.11 Å². The van der Waals surface area contributed by atoms with Crippen LogP contribution in [0, 0.1) is 0 Å². The molecule has 0 saturated carbocycles. The third-order valence-electron chi connectivity index (χ3n) is 1.96. The normalized spacial score (nSPS) is 10.0. The van der Waals surface area contributed by atoms with E-state index in [-0.39, 0.29) is 12.6 Å². The molecule has 4 nitrogen and oxygen atoms in total. The van der Waals surface area contributed by atoms with Crippen LogP contribution in [0.15, 0.2) is 24.3 Å². The average molecular weight is 223 g/mol. The van der Waals surface area contributed by atoms with Crippen molar-refractivity contribution in [1.82, 2.24) is 5.32 Å². The molecule has 4 heteroatoms. The summed E-state index contributed by atoms with van der Waals surface area (Å²) in [6.07, 6.45) is -0.416. The highest BCUT2D eigenvalue weighted by Gasteiger charge is 2.06. The largest absolute Gasteiger partial charge is 0.496 e. The Balaban J connectivity index is 2.51. The van der Waals surface area contributed by atoms with Gasteiger partial charge in [-0.1, -0.05) is 18.2 Å². The number of carbonyl (C=O) groups is 1. The van der Waals surface area contributed by atoms with Crippen LogP contribution in [0.4, 0.5) is 4.79 Å². The fourth-order valence-electron chi connectivity index (χ4n) is 1.24. The molecule has 88 valence electrons. The molecule has 0 radical (unpaired) electrons. The lowest BCUT2D eigenvalue weighted by Gasteiger charge is -2.11. The van der Waals surface area contributed by atoms with Crippen molar-refractivity contribution in [3.8, 4) is 5.75 Å². The standard InChI is InChI=1S/C12H17NO3/c1-9(2)13-12(14)16-8-10-6-4-5-7-11(10)15-3/h4-7,9H,8H2,1-3H3,(H,13,14). The number of ether oxygens (including phenoxy) is 2. The maximum Gasteiger partial charge on any atom is 0.407 e. The van der Waals surface area contributed by atoms with Crippen molar-refractivity contribution < 1.29 is 14.3 Å². The second-order valence-corrected chi connectivity index (χ2v) is 3.69. The highest BCUT2D eigenvalue weighted by Crippen LogP contribution is 2.17. The second-order valence-electron chi connectivity index (χ2n) is 3.69. The molecule has 1 aromatic rings. The molecular formula is C12H17NO3. The molecule has 0 unspecified atom stereocenters. The van der Waals surface area contributed by atoms with Gasteiger partial charge in [-0.2, -0.15) is 0 Å². The van der Waals surface area contributed by atoms with Crippen LogP contribution in [0.25, 0.3) is 0 Å². The Kier molecular flexibility index (Phi) is 4.64. The van der Waals surface area contributed by atoms with Gasteiger partial charge in [0.25, 0.3) is 0 Å². The molecule has 0 aromatic heterocycles. The smallest absolute Gasteiger partial charge is 0.407 e. The molecule has 0 heterocycles. The van der Waals surface area contributed by atoms with Crippen molar-refractivity contribution in [1.29, 1.82) is 0 Å². The third kappa shape index (κ3) is 3.81. The van der Waals surface area contributed by atoms with E-state index >= 15 is 0 Å². The van der Waals surface area contributed by atoms with Gasteiger partial charge in [0.2, 0.25) is 0 Å². The summed E-state index contributed by atoms with van der Waals surface area (Å²) in [5.74, 6) is 0.722. The Hall–Kier alpha value is -1.71. The predicted octanol–water partition coefficient (Wildman–Crippen LogP) is 2.33. The second kappa shape index (κ2) is 6.00. The van der Waals surface area contributed by atoms with E-state index in [4.69, 9.17) is 9.47 Å². The minimum absolute atomic E-state index is 0.0742. The molecule has 1 N–H and O–H groups in total. The summed E-state index contributed by atoms with van der Waals surface area (Å²) in [4.78, 5) is 11.3. The molecule has 0 bridgehead atoms. The molecule has 0 fully saturated rings. The number of carbonyl (C=O) groups excluding carboxylic acids is 1. The highest BCUT2D eigenvalue weighted by atomic mass is 16.5. The first-order valence-electron chi connectivity index (χ1n) is 5.18. The monoisotopic (exact) mass is 223 g/mol. The van der Waals surface area contributed by atoms with Crippen molar-refractivity contribution in [3.63, 3.8) is 0 Å². The lowest BCUT2D eigenvalue weighted by atomic mass is 10.2. The number of methoxy groups -OCH3 is 1. The maximum absolute atomic E-state index is 11.3. The van der Waals surface area contributed by atoms with Gasteiger partial charge >= 0.3 is 6.09 Å². The van der Waals surface area contributed by atoms with Crippen molar-refractivity contribution in [2.24, 2.45) is 0 Å². The van der Waals surface area contributed by atoms with Crippen molar-refractivity contribution in [2.45, 2.75) is 26.5 Å². The molecule has 1 amide bonds. The van der Waals surface area contributed by atoms with Gasteiger partial charge in [-0.15, -0.1) is 0 Å². The maximum atomic E-state index is 11.3. The Morgan fingerprint density at radius 3 is 2.69 bits per heavy atom. The van der Waals surface area contributed by atoms with Crippen molar-refractivity contribution in [3.05, 3.63) is 29.8 Å². The van der Waals surface area contributed by atoms with Gasteiger partial charge in [-0.3, -0.25) is 0 Å². The van der Waals surface area contributed by atoms with E-state index in [9.17, 15) is 4.79 Å². The van der Waals surface area contributed by atoms with E-state index < -0.39 is 6.09 Å². The van der Waals surface area contributed by atoms with Crippen molar-refractivity contribution >= 4 is 6.09 Å². The molecule has 1 rings (SSSR count). The molecule has 16 heavy (non-hydrogen) atoms. The Bertz CT molecular complexity index is 350. The summed E-state index contributed by atoms with van der Waals surface area (Å²) in [5.41, 5.74) is 0.851. The number of hydrogen-bond donors (Lipinski definition) is 1. The number of hydrogen-bond acceptors (Lipinski definition) is 3. The predicted molar refractivity (Wildman–Crippen MR) is 61.5 cm³/mol. The Morgan fingerprint density at radius 1 is 1.38 bits per heavy atom. The molecule has 0 atom stereocenters. The molecule has 0 aliphatic heterocycles. The number of benzene rings is 1. The van der Waals surface area contributed by atoms with E-state index in [0.717, 1.165) is 11.3 Å². The zero-order valence-corrected chi connectivity index (χ0v) is 9.82. The Labute approximate surface area is 95.6 Å². The van der Waals surface area contributed by atoms with E-state index in [1.807, 2.05) is 38.1 Å². The van der Waals surface area contributed by atoms with E-state index in [1.165, 1.54) is 0 Å². The quantitative estimate of drug-likeness (QED) is 0.852. The van der Waals surface area contributed by atoms with Crippen LogP contribution in [-0.2, 0) is 11.3 Å². The summed E-state index contributed by atoms with van der Waals surface area (Å²) < 4.78 is 10.2. The van der Waals surface area contributed by atoms with E-state index in [1.54, 1.807) is 7.11 Å². The summed E-state index contributed by atoms with van der Waals surface area (Å²) in [5, 5.41) is 2.65. The molecule has 0 spiro atoms. The number of amides is 1. The van der Waals surface area contributed by atoms with Gasteiger partial charge in [0.15, 0.2) is 0 Å². The van der Waals surface area contributed by atoms with Crippen LogP contribution in [0.5, 0.6) is 5.75 Å². The lowest BCUT2D eigenvalue weighted by molar-refractivity contribution is 0.136. The summed E-state index contributed by atoms with van der Waals surface area (Å²) in [6, 6.07) is 7.52. The zero-order valence-electron chi connectivity index (χ0n) is 9.82. The molecular weight excluding hydrogens is 206 g/mol. The highest BCUT2D eigenvalue weighted by molar-refractivity contribution is 5.67. The van der Waals surface area contributed by atoms with Crippen LogP contribution in [0.3, 0.4) is 0 Å². The van der Waals surface area contributed by atoms with Crippen LogP contribution in [0.2, 0.25) is 0 Å². The van der Waals surface area contributed by atoms with Crippen LogP contribution in [0.1, 0.15) is 19.4 Å². The third-order valence-corrected chi connectivity index (χ3v) is 1.96. The van der Waals surface area contributed by atoms with Gasteiger partial charge in [-0.05, 0) is 19.9 Å². The summed E-state index contributed by atoms with van der Waals surface area (Å²) in [7, 11) is 1.59. The van der Waals surface area contributed by atoms with E-state index in [0.29, 0.717) is 0 Å². The minimum Gasteiger partial charge on any atom is -0.496 e. The summed E-state index contributed by atoms with van der Waals surface area (Å²) in [6.45, 7) is 3.97. The molecule has 0 aliphatic carbocycles. The number of para-hydroxylation sites is 1. The molecule has 0 aliphatic rings. The fourth-order valence-corrected chi connectivity index (χ4v) is 1.24. The van der Waals surface area contributed by atoms with E-state index in [2.05, 4.69) is 5.32 Å². The molecule has 0 saturated heterocycles. The first-order chi connectivity index (χ1) is 7.63. The average Bonchev–Trinajstić information content (AvgIpc) is 2.26.